The Labute approximate surface area is 120 Å². The summed E-state index contributed by atoms with van der Waals surface area (Å²) >= 11 is 0. The second-order valence-electron chi connectivity index (χ2n) is 4.84. The van der Waals surface area contributed by atoms with Gasteiger partial charge < -0.3 is 10.3 Å². The van der Waals surface area contributed by atoms with Crippen LogP contribution in [0, 0.1) is 0 Å². The maximum Gasteiger partial charge on any atom is 0.260 e. The maximum absolute atomic E-state index is 12.2. The number of aromatic nitrogens is 2. The van der Waals surface area contributed by atoms with Crippen molar-refractivity contribution in [2.75, 3.05) is 6.54 Å². The zero-order valence-electron chi connectivity index (χ0n) is 11.0. The number of nitrogens with zero attached hydrogens (tertiary/aromatic N) is 2. The van der Waals surface area contributed by atoms with Crippen LogP contribution in [0.4, 0.5) is 0 Å². The summed E-state index contributed by atoms with van der Waals surface area (Å²) in [7, 11) is -3.57. The fraction of sp³-hybridized carbons (Fsp3) is 0.727. The Hall–Kier alpha value is -0.630. The highest BCUT2D eigenvalue weighted by molar-refractivity contribution is 7.89. The zero-order chi connectivity index (χ0) is 13.2. The Morgan fingerprint density at radius 1 is 1.47 bits per heavy atom. The van der Waals surface area contributed by atoms with E-state index in [2.05, 4.69) is 9.71 Å². The molecular formula is C11H21ClN4O2S. The Bertz CT molecular complexity index is 509. The van der Waals surface area contributed by atoms with E-state index in [4.69, 9.17) is 5.73 Å². The Morgan fingerprint density at radius 2 is 2.11 bits per heavy atom. The number of hydrogen-bond acceptors (Lipinski definition) is 4. The summed E-state index contributed by atoms with van der Waals surface area (Å²) in [6.45, 7) is 2.97. The first kappa shape index (κ1) is 16.4. The van der Waals surface area contributed by atoms with Gasteiger partial charge in [-0.1, -0.05) is 12.8 Å². The summed E-state index contributed by atoms with van der Waals surface area (Å²) in [4.78, 5) is 3.94. The third-order valence-corrected chi connectivity index (χ3v) is 5.02. The minimum atomic E-state index is -3.57. The fourth-order valence-electron chi connectivity index (χ4n) is 2.39. The number of aryl methyl sites for hydroxylation is 1. The third kappa shape index (κ3) is 3.47. The predicted octanol–water partition coefficient (Wildman–Crippen LogP) is 0.875. The van der Waals surface area contributed by atoms with Crippen molar-refractivity contribution in [2.45, 2.75) is 49.7 Å². The molecule has 1 heterocycles. The van der Waals surface area contributed by atoms with Crippen molar-refractivity contribution in [1.82, 2.24) is 14.3 Å². The molecule has 6 nitrogen and oxygen atoms in total. The zero-order valence-corrected chi connectivity index (χ0v) is 12.6. The average Bonchev–Trinajstić information content (AvgIpc) is 2.97. The van der Waals surface area contributed by atoms with Gasteiger partial charge in [0.2, 0.25) is 0 Å². The van der Waals surface area contributed by atoms with E-state index in [-0.39, 0.29) is 17.4 Å². The molecule has 0 atom stereocenters. The number of nitrogens with one attached hydrogen (secondary N) is 1. The van der Waals surface area contributed by atoms with Crippen LogP contribution in [0.3, 0.4) is 0 Å². The van der Waals surface area contributed by atoms with Crippen molar-refractivity contribution in [3.8, 4) is 0 Å². The average molecular weight is 309 g/mol. The highest BCUT2D eigenvalue weighted by Crippen LogP contribution is 2.30. The van der Waals surface area contributed by atoms with E-state index in [1.165, 1.54) is 6.33 Å². The Morgan fingerprint density at radius 3 is 2.58 bits per heavy atom. The van der Waals surface area contributed by atoms with Crippen LogP contribution >= 0.6 is 12.4 Å². The lowest BCUT2D eigenvalue weighted by molar-refractivity contribution is 0.399. The first-order valence-corrected chi connectivity index (χ1v) is 7.75. The van der Waals surface area contributed by atoms with Crippen LogP contribution in [0.1, 0.15) is 32.6 Å². The first-order valence-electron chi connectivity index (χ1n) is 6.27. The molecule has 2 rings (SSSR count). The highest BCUT2D eigenvalue weighted by atomic mass is 35.5. The van der Waals surface area contributed by atoms with Gasteiger partial charge in [-0.2, -0.15) is 0 Å². The Balaban J connectivity index is 0.00000180. The van der Waals surface area contributed by atoms with E-state index >= 15 is 0 Å². The molecule has 110 valence electrons. The summed E-state index contributed by atoms with van der Waals surface area (Å²) in [5, 5.41) is 0.0732. The molecule has 0 amide bonds. The van der Waals surface area contributed by atoms with Crippen molar-refractivity contribution in [3.63, 3.8) is 0 Å². The van der Waals surface area contributed by atoms with Crippen molar-refractivity contribution < 1.29 is 8.42 Å². The molecule has 1 aromatic rings. The monoisotopic (exact) mass is 308 g/mol. The summed E-state index contributed by atoms with van der Waals surface area (Å²) < 4.78 is 29.0. The van der Waals surface area contributed by atoms with Gasteiger partial charge in [0.1, 0.15) is 0 Å². The van der Waals surface area contributed by atoms with E-state index in [1.807, 2.05) is 6.92 Å². The number of rotatable bonds is 5. The van der Waals surface area contributed by atoms with Crippen LogP contribution in [0.15, 0.2) is 17.6 Å². The largest absolute Gasteiger partial charge is 0.336 e. The van der Waals surface area contributed by atoms with Gasteiger partial charge in [0.15, 0.2) is 5.03 Å². The van der Waals surface area contributed by atoms with Crippen LogP contribution < -0.4 is 10.5 Å². The number of halogens is 1. The van der Waals surface area contributed by atoms with Crippen molar-refractivity contribution in [2.24, 2.45) is 5.73 Å². The molecular weight excluding hydrogens is 288 g/mol. The molecule has 1 aliphatic rings. The quantitative estimate of drug-likeness (QED) is 0.844. The molecule has 1 aliphatic carbocycles. The summed E-state index contributed by atoms with van der Waals surface area (Å²) in [6.07, 6.45) is 6.71. The van der Waals surface area contributed by atoms with Gasteiger partial charge in [-0.15, -0.1) is 12.4 Å². The molecule has 8 heteroatoms. The lowest BCUT2D eigenvalue weighted by Gasteiger charge is -2.27. The van der Waals surface area contributed by atoms with Crippen molar-refractivity contribution in [3.05, 3.63) is 12.5 Å². The van der Waals surface area contributed by atoms with E-state index in [1.54, 1.807) is 10.8 Å². The minimum absolute atomic E-state index is 0. The Kier molecular flexibility index (Phi) is 5.37. The molecule has 0 bridgehead atoms. The highest BCUT2D eigenvalue weighted by Gasteiger charge is 2.37. The van der Waals surface area contributed by atoms with Crippen LogP contribution in [0.5, 0.6) is 0 Å². The van der Waals surface area contributed by atoms with Gasteiger partial charge in [-0.25, -0.2) is 18.1 Å². The van der Waals surface area contributed by atoms with E-state index in [0.717, 1.165) is 25.7 Å². The van der Waals surface area contributed by atoms with Crippen LogP contribution in [0.2, 0.25) is 0 Å². The van der Waals surface area contributed by atoms with E-state index in [0.29, 0.717) is 13.1 Å². The lowest BCUT2D eigenvalue weighted by Crippen LogP contribution is -2.51. The molecule has 1 fully saturated rings. The number of sulfonamides is 1. The van der Waals surface area contributed by atoms with E-state index in [9.17, 15) is 8.42 Å². The smallest absolute Gasteiger partial charge is 0.260 e. The molecule has 1 saturated carbocycles. The summed E-state index contributed by atoms with van der Waals surface area (Å²) in [6, 6.07) is 0. The fourth-order valence-corrected chi connectivity index (χ4v) is 3.81. The first-order chi connectivity index (χ1) is 8.51. The van der Waals surface area contributed by atoms with Gasteiger partial charge in [-0.05, 0) is 19.8 Å². The van der Waals surface area contributed by atoms with E-state index < -0.39 is 15.6 Å². The lowest BCUT2D eigenvalue weighted by atomic mass is 10.0. The molecule has 0 saturated heterocycles. The number of hydrogen-bond donors (Lipinski definition) is 2. The summed E-state index contributed by atoms with van der Waals surface area (Å²) in [5.41, 5.74) is 5.26. The van der Waals surface area contributed by atoms with Crippen molar-refractivity contribution in [1.29, 1.82) is 0 Å². The molecule has 19 heavy (non-hydrogen) atoms. The van der Waals surface area contributed by atoms with Gasteiger partial charge in [0.25, 0.3) is 10.0 Å². The minimum Gasteiger partial charge on any atom is -0.336 e. The van der Waals surface area contributed by atoms with Gasteiger partial charge in [0.05, 0.1) is 6.33 Å². The third-order valence-electron chi connectivity index (χ3n) is 3.55. The normalized spacial score (nSPS) is 18.2. The summed E-state index contributed by atoms with van der Waals surface area (Å²) in [5.74, 6) is 0. The molecule has 0 aromatic carbocycles. The standard InChI is InChI=1S/C11H20N4O2S.ClH/c1-2-15-7-10(13-9-15)18(16,17)14-11(8-12)5-3-4-6-11;/h7,9,14H,2-6,8,12H2,1H3;1H. The molecule has 1 aromatic heterocycles. The topological polar surface area (TPSA) is 90.0 Å². The molecule has 0 aliphatic heterocycles. The predicted molar refractivity (Wildman–Crippen MR) is 75.7 cm³/mol. The van der Waals surface area contributed by atoms with Gasteiger partial charge >= 0.3 is 0 Å². The van der Waals surface area contributed by atoms with Crippen LogP contribution in [0.25, 0.3) is 0 Å². The molecule has 0 unspecified atom stereocenters. The van der Waals surface area contributed by atoms with Crippen LogP contribution in [-0.2, 0) is 16.6 Å². The van der Waals surface area contributed by atoms with Crippen LogP contribution in [-0.4, -0.2) is 30.1 Å². The molecule has 3 N–H and O–H groups in total. The number of imidazole rings is 1. The molecule has 0 spiro atoms. The molecule has 0 radical (unpaired) electrons. The van der Waals surface area contributed by atoms with Crippen molar-refractivity contribution >= 4 is 22.4 Å². The number of nitrogens with two attached hydrogens (primary N) is 1. The van der Waals surface area contributed by atoms with Gasteiger partial charge in [0, 0.05) is 24.8 Å². The second-order valence-corrected chi connectivity index (χ2v) is 6.47. The maximum atomic E-state index is 12.2. The SMILES string of the molecule is CCn1cnc(S(=O)(=O)NC2(CN)CCCC2)c1.Cl. The second kappa shape index (κ2) is 6.21. The van der Waals surface area contributed by atoms with Gasteiger partial charge in [-0.3, -0.25) is 0 Å².